The van der Waals surface area contributed by atoms with Gasteiger partial charge in [0.15, 0.2) is 12.3 Å². The van der Waals surface area contributed by atoms with E-state index >= 15 is 0 Å². The van der Waals surface area contributed by atoms with Crippen LogP contribution in [0.5, 0.6) is 5.75 Å². The van der Waals surface area contributed by atoms with E-state index in [9.17, 15) is 14.4 Å². The fraction of sp³-hybridized carbons (Fsp3) is 0.385. The molecule has 35 heavy (non-hydrogen) atoms. The number of hydrogen-bond donors (Lipinski definition) is 0. The quantitative estimate of drug-likeness (QED) is 0.482. The van der Waals surface area contributed by atoms with E-state index in [0.717, 1.165) is 11.4 Å². The number of ether oxygens (including phenoxy) is 2. The van der Waals surface area contributed by atoms with E-state index in [1.807, 2.05) is 38.1 Å². The monoisotopic (exact) mass is 478 g/mol. The number of benzene rings is 2. The lowest BCUT2D eigenvalue weighted by molar-refractivity contribution is -0.134. The second kappa shape index (κ2) is 10.6. The van der Waals surface area contributed by atoms with Crippen LogP contribution in [0.1, 0.15) is 24.3 Å². The first kappa shape index (κ1) is 24.3. The molecule has 0 atom stereocenters. The number of rotatable bonds is 7. The first-order valence-electron chi connectivity index (χ1n) is 11.7. The third-order valence-electron chi connectivity index (χ3n) is 6.00. The van der Waals surface area contributed by atoms with Crippen molar-refractivity contribution in [1.82, 2.24) is 14.7 Å². The Balaban J connectivity index is 1.39. The number of piperazine rings is 1. The van der Waals surface area contributed by atoms with Gasteiger partial charge in [-0.2, -0.15) is 5.10 Å². The summed E-state index contributed by atoms with van der Waals surface area (Å²) in [5, 5.41) is 5.09. The second-order valence-electron chi connectivity index (χ2n) is 8.92. The second-order valence-corrected chi connectivity index (χ2v) is 8.92. The SMILES string of the molecule is COc1ccc(N2CCN(C(=O)COC(=O)c3nn(CC(C)C)c(=O)c4ccccc34)CC2)cc1. The average molecular weight is 479 g/mol. The average Bonchev–Trinajstić information content (AvgIpc) is 2.88. The lowest BCUT2D eigenvalue weighted by atomic mass is 10.1. The molecular weight excluding hydrogens is 448 g/mol. The topological polar surface area (TPSA) is 94.0 Å². The molecule has 0 spiro atoms. The highest BCUT2D eigenvalue weighted by Gasteiger charge is 2.24. The van der Waals surface area contributed by atoms with Crippen LogP contribution < -0.4 is 15.2 Å². The summed E-state index contributed by atoms with van der Waals surface area (Å²) < 4.78 is 11.8. The number of aromatic nitrogens is 2. The Kier molecular flexibility index (Phi) is 7.33. The van der Waals surface area contributed by atoms with Crippen molar-refractivity contribution in [2.45, 2.75) is 20.4 Å². The number of methoxy groups -OCH3 is 1. The van der Waals surface area contributed by atoms with Gasteiger partial charge in [0.2, 0.25) is 0 Å². The Bertz CT molecular complexity index is 1260. The van der Waals surface area contributed by atoms with Crippen molar-refractivity contribution in [3.63, 3.8) is 0 Å². The van der Waals surface area contributed by atoms with Crippen LogP contribution in [0.25, 0.3) is 10.8 Å². The van der Waals surface area contributed by atoms with Crippen LogP contribution in [0, 0.1) is 5.92 Å². The Morgan fingerprint density at radius 3 is 2.26 bits per heavy atom. The van der Waals surface area contributed by atoms with Gasteiger partial charge >= 0.3 is 5.97 Å². The maximum Gasteiger partial charge on any atom is 0.359 e. The summed E-state index contributed by atoms with van der Waals surface area (Å²) in [4.78, 5) is 42.3. The van der Waals surface area contributed by atoms with Gasteiger partial charge in [-0.1, -0.05) is 32.0 Å². The lowest BCUT2D eigenvalue weighted by Crippen LogP contribution is -2.49. The number of fused-ring (bicyclic) bond motifs is 1. The van der Waals surface area contributed by atoms with Crippen LogP contribution >= 0.6 is 0 Å². The molecule has 2 heterocycles. The standard InChI is InChI=1S/C26H30N4O5/c1-18(2)16-30-25(32)22-7-5-4-6-21(22)24(27-30)26(33)35-17-23(31)29-14-12-28(13-15-29)19-8-10-20(34-3)11-9-19/h4-11,18H,12-17H2,1-3H3. The normalized spacial score (nSPS) is 13.8. The van der Waals surface area contributed by atoms with Gasteiger partial charge in [-0.25, -0.2) is 9.48 Å². The molecule has 0 saturated carbocycles. The molecule has 3 aromatic rings. The highest BCUT2D eigenvalue weighted by atomic mass is 16.5. The first-order valence-corrected chi connectivity index (χ1v) is 11.7. The van der Waals surface area contributed by atoms with Crippen molar-refractivity contribution < 1.29 is 19.1 Å². The van der Waals surface area contributed by atoms with Crippen molar-refractivity contribution in [2.24, 2.45) is 5.92 Å². The molecule has 1 aromatic heterocycles. The number of hydrogen-bond acceptors (Lipinski definition) is 7. The van der Waals surface area contributed by atoms with Crippen molar-refractivity contribution in [1.29, 1.82) is 0 Å². The third kappa shape index (κ3) is 5.45. The molecule has 9 nitrogen and oxygen atoms in total. The van der Waals surface area contributed by atoms with E-state index in [4.69, 9.17) is 9.47 Å². The molecule has 2 aromatic carbocycles. The predicted octanol–water partition coefficient (Wildman–Crippen LogP) is 2.57. The lowest BCUT2D eigenvalue weighted by Gasteiger charge is -2.36. The van der Waals surface area contributed by atoms with Gasteiger partial charge in [0.1, 0.15) is 5.75 Å². The maximum atomic E-state index is 12.9. The zero-order valence-corrected chi connectivity index (χ0v) is 20.3. The van der Waals surface area contributed by atoms with E-state index in [0.29, 0.717) is 43.5 Å². The van der Waals surface area contributed by atoms with Crippen molar-refractivity contribution >= 4 is 28.3 Å². The zero-order chi connectivity index (χ0) is 24.9. The molecule has 184 valence electrons. The van der Waals surface area contributed by atoms with Crippen LogP contribution in [0.3, 0.4) is 0 Å². The zero-order valence-electron chi connectivity index (χ0n) is 20.3. The number of anilines is 1. The molecule has 0 aliphatic carbocycles. The van der Waals surface area contributed by atoms with E-state index < -0.39 is 5.97 Å². The highest BCUT2D eigenvalue weighted by molar-refractivity contribution is 6.02. The van der Waals surface area contributed by atoms with Crippen LogP contribution in [-0.2, 0) is 16.1 Å². The summed E-state index contributed by atoms with van der Waals surface area (Å²) >= 11 is 0. The van der Waals surface area contributed by atoms with Crippen molar-refractivity contribution in [3.05, 3.63) is 64.6 Å². The van der Waals surface area contributed by atoms with Crippen molar-refractivity contribution in [2.75, 3.05) is 44.8 Å². The smallest absolute Gasteiger partial charge is 0.359 e. The molecule has 1 aliphatic heterocycles. The molecule has 4 rings (SSSR count). The predicted molar refractivity (Wildman–Crippen MR) is 133 cm³/mol. The van der Waals surface area contributed by atoms with Gasteiger partial charge in [-0.15, -0.1) is 0 Å². The van der Waals surface area contributed by atoms with Crippen LogP contribution in [-0.4, -0.2) is 66.5 Å². The Hall–Kier alpha value is -3.88. The molecule has 0 bridgehead atoms. The largest absolute Gasteiger partial charge is 0.497 e. The van der Waals surface area contributed by atoms with Gasteiger partial charge in [-0.3, -0.25) is 9.59 Å². The third-order valence-corrected chi connectivity index (χ3v) is 6.00. The number of amides is 1. The summed E-state index contributed by atoms with van der Waals surface area (Å²) in [6.07, 6.45) is 0. The highest BCUT2D eigenvalue weighted by Crippen LogP contribution is 2.21. The maximum absolute atomic E-state index is 12.9. The summed E-state index contributed by atoms with van der Waals surface area (Å²) in [7, 11) is 1.63. The minimum absolute atomic E-state index is 0.0398. The van der Waals surface area contributed by atoms with Crippen molar-refractivity contribution in [3.8, 4) is 5.75 Å². The van der Waals surface area contributed by atoms with Crippen LogP contribution in [0.4, 0.5) is 5.69 Å². The molecule has 1 amide bonds. The molecular formula is C26H30N4O5. The Labute approximate surface area is 203 Å². The van der Waals surface area contributed by atoms with E-state index in [-0.39, 0.29) is 29.7 Å². The fourth-order valence-corrected chi connectivity index (χ4v) is 4.15. The molecule has 9 heteroatoms. The van der Waals surface area contributed by atoms with Crippen LogP contribution in [0.15, 0.2) is 53.3 Å². The number of nitrogens with zero attached hydrogens (tertiary/aromatic N) is 4. The minimum atomic E-state index is -0.719. The summed E-state index contributed by atoms with van der Waals surface area (Å²) in [6, 6.07) is 14.6. The van der Waals surface area contributed by atoms with E-state index in [1.54, 1.807) is 36.3 Å². The molecule has 0 N–H and O–H groups in total. The minimum Gasteiger partial charge on any atom is -0.497 e. The summed E-state index contributed by atoms with van der Waals surface area (Å²) in [6.45, 7) is 6.35. The Morgan fingerprint density at radius 2 is 1.63 bits per heavy atom. The number of carbonyl (C=O) groups excluding carboxylic acids is 2. The van der Waals surface area contributed by atoms with E-state index in [1.165, 1.54) is 4.68 Å². The van der Waals surface area contributed by atoms with Crippen LogP contribution in [0.2, 0.25) is 0 Å². The van der Waals surface area contributed by atoms with Gasteiger partial charge in [0.05, 0.1) is 12.5 Å². The summed E-state index contributed by atoms with van der Waals surface area (Å²) in [5.74, 6) is -0.00822. The summed E-state index contributed by atoms with van der Waals surface area (Å²) in [5.41, 5.74) is 0.855. The number of carbonyl (C=O) groups is 2. The van der Waals surface area contributed by atoms with Gasteiger partial charge in [-0.05, 0) is 36.2 Å². The van der Waals surface area contributed by atoms with Gasteiger partial charge < -0.3 is 19.3 Å². The van der Waals surface area contributed by atoms with Gasteiger partial charge in [0, 0.05) is 43.8 Å². The molecule has 1 fully saturated rings. The van der Waals surface area contributed by atoms with Gasteiger partial charge in [0.25, 0.3) is 11.5 Å². The number of esters is 1. The fourth-order valence-electron chi connectivity index (χ4n) is 4.15. The first-order chi connectivity index (χ1) is 16.9. The Morgan fingerprint density at radius 1 is 0.971 bits per heavy atom. The molecule has 0 unspecified atom stereocenters. The molecule has 1 saturated heterocycles. The van der Waals surface area contributed by atoms with E-state index in [2.05, 4.69) is 10.00 Å². The molecule has 0 radical (unpaired) electrons. The molecule has 1 aliphatic rings.